The average Bonchev–Trinajstić information content (AvgIpc) is 3.10. The summed E-state index contributed by atoms with van der Waals surface area (Å²) in [6, 6.07) is 1.96. The van der Waals surface area contributed by atoms with Crippen LogP contribution in [-0.2, 0) is 17.6 Å². The minimum absolute atomic E-state index is 0.0332. The van der Waals surface area contributed by atoms with Gasteiger partial charge in [-0.05, 0) is 31.7 Å². The van der Waals surface area contributed by atoms with Crippen LogP contribution in [0.25, 0.3) is 0 Å². The summed E-state index contributed by atoms with van der Waals surface area (Å²) in [6.45, 7) is 3.73. The Balaban J connectivity index is 1.96. The van der Waals surface area contributed by atoms with E-state index in [1.54, 1.807) is 13.0 Å². The number of fused-ring (bicyclic) bond motifs is 1. The standard InChI is InChI=1S/C21H28O5/c1-3-4-7-14(2)18(22)11-10-16-17-12-15(8-5-6-9-21(24)25)26-20(17)13-19(16)23/h10-12,14,16,18-19,22-23H,5-9,13H2,1-2H3,(H,24,25)/t14-,16+,18+,19+/m0/s1. The van der Waals surface area contributed by atoms with E-state index in [1.165, 1.54) is 0 Å². The molecule has 5 nitrogen and oxygen atoms in total. The van der Waals surface area contributed by atoms with Crippen molar-refractivity contribution >= 4 is 5.97 Å². The molecule has 2 rings (SSSR count). The van der Waals surface area contributed by atoms with Crippen LogP contribution in [0.3, 0.4) is 0 Å². The average molecular weight is 360 g/mol. The summed E-state index contributed by atoms with van der Waals surface area (Å²) in [5, 5.41) is 29.2. The summed E-state index contributed by atoms with van der Waals surface area (Å²) in [7, 11) is 0. The van der Waals surface area contributed by atoms with E-state index in [-0.39, 0.29) is 18.3 Å². The maximum absolute atomic E-state index is 10.5. The second kappa shape index (κ2) is 9.61. The SMILES string of the molecule is CC#CC[C@H](C)[C@H](O)C=C[C@@H]1c2cc(CCCCC(=O)O)oc2C[C@H]1O. The summed E-state index contributed by atoms with van der Waals surface area (Å²) in [4.78, 5) is 10.5. The van der Waals surface area contributed by atoms with Crippen LogP contribution in [0, 0.1) is 17.8 Å². The van der Waals surface area contributed by atoms with E-state index in [0.29, 0.717) is 25.7 Å². The molecule has 0 fully saturated rings. The van der Waals surface area contributed by atoms with Crippen molar-refractivity contribution in [2.45, 2.75) is 70.5 Å². The molecular weight excluding hydrogens is 332 g/mol. The topological polar surface area (TPSA) is 90.9 Å². The fourth-order valence-electron chi connectivity index (χ4n) is 3.20. The molecule has 0 unspecified atom stereocenters. The van der Waals surface area contributed by atoms with Crippen LogP contribution < -0.4 is 0 Å². The van der Waals surface area contributed by atoms with Crippen molar-refractivity contribution in [1.82, 2.24) is 0 Å². The Bertz CT molecular complexity index is 691. The number of aliphatic hydroxyl groups is 2. The molecule has 4 atom stereocenters. The number of hydrogen-bond acceptors (Lipinski definition) is 4. The Morgan fingerprint density at radius 1 is 1.46 bits per heavy atom. The highest BCUT2D eigenvalue weighted by atomic mass is 16.4. The Morgan fingerprint density at radius 3 is 2.92 bits per heavy atom. The summed E-state index contributed by atoms with van der Waals surface area (Å²) in [5.41, 5.74) is 0.968. The first-order chi connectivity index (χ1) is 12.4. The highest BCUT2D eigenvalue weighted by molar-refractivity contribution is 5.66. The first-order valence-electron chi connectivity index (χ1n) is 9.19. The number of hydrogen-bond donors (Lipinski definition) is 3. The van der Waals surface area contributed by atoms with E-state index in [0.717, 1.165) is 23.5 Å². The molecule has 0 saturated heterocycles. The minimum Gasteiger partial charge on any atom is -0.481 e. The lowest BCUT2D eigenvalue weighted by atomic mass is 9.96. The molecule has 142 valence electrons. The molecule has 1 heterocycles. The van der Waals surface area contributed by atoms with Gasteiger partial charge in [0, 0.05) is 37.2 Å². The highest BCUT2D eigenvalue weighted by Crippen LogP contribution is 2.37. The van der Waals surface area contributed by atoms with E-state index in [9.17, 15) is 15.0 Å². The van der Waals surface area contributed by atoms with Crippen LogP contribution in [0.15, 0.2) is 22.6 Å². The van der Waals surface area contributed by atoms with Gasteiger partial charge in [-0.1, -0.05) is 19.1 Å². The third-order valence-electron chi connectivity index (χ3n) is 4.82. The van der Waals surface area contributed by atoms with E-state index >= 15 is 0 Å². The number of aliphatic carboxylic acids is 1. The number of rotatable bonds is 9. The van der Waals surface area contributed by atoms with Crippen molar-refractivity contribution in [3.63, 3.8) is 0 Å². The van der Waals surface area contributed by atoms with Crippen molar-refractivity contribution in [3.05, 3.63) is 35.3 Å². The first kappa shape index (κ1) is 20.3. The summed E-state index contributed by atoms with van der Waals surface area (Å²) in [6.07, 6.45) is 5.80. The smallest absolute Gasteiger partial charge is 0.303 e. The van der Waals surface area contributed by atoms with E-state index in [4.69, 9.17) is 9.52 Å². The monoisotopic (exact) mass is 360 g/mol. The van der Waals surface area contributed by atoms with Gasteiger partial charge in [-0.3, -0.25) is 4.79 Å². The Labute approximate surface area is 154 Å². The van der Waals surface area contributed by atoms with Gasteiger partial charge in [-0.15, -0.1) is 11.8 Å². The lowest BCUT2D eigenvalue weighted by Gasteiger charge is -2.15. The number of aryl methyl sites for hydroxylation is 1. The third kappa shape index (κ3) is 5.48. The van der Waals surface area contributed by atoms with Gasteiger partial charge in [0.1, 0.15) is 11.5 Å². The number of carboxylic acids is 1. The van der Waals surface area contributed by atoms with Crippen LogP contribution in [0.5, 0.6) is 0 Å². The van der Waals surface area contributed by atoms with Crippen molar-refractivity contribution < 1.29 is 24.5 Å². The van der Waals surface area contributed by atoms with Crippen LogP contribution in [0.1, 0.15) is 62.5 Å². The van der Waals surface area contributed by atoms with Gasteiger partial charge >= 0.3 is 5.97 Å². The third-order valence-corrected chi connectivity index (χ3v) is 4.82. The Morgan fingerprint density at radius 2 is 2.23 bits per heavy atom. The van der Waals surface area contributed by atoms with Gasteiger partial charge in [0.05, 0.1) is 12.2 Å². The van der Waals surface area contributed by atoms with Crippen molar-refractivity contribution in [2.24, 2.45) is 5.92 Å². The van der Waals surface area contributed by atoms with Crippen LogP contribution >= 0.6 is 0 Å². The zero-order chi connectivity index (χ0) is 19.1. The van der Waals surface area contributed by atoms with Crippen LogP contribution in [0.4, 0.5) is 0 Å². The molecule has 0 aliphatic heterocycles. The molecular formula is C21H28O5. The van der Waals surface area contributed by atoms with Crippen molar-refractivity contribution in [3.8, 4) is 11.8 Å². The summed E-state index contributed by atoms with van der Waals surface area (Å²) in [5.74, 6) is 6.50. The Kier molecular flexibility index (Phi) is 7.50. The highest BCUT2D eigenvalue weighted by Gasteiger charge is 2.33. The van der Waals surface area contributed by atoms with Crippen LogP contribution in [-0.4, -0.2) is 33.5 Å². The molecule has 0 radical (unpaired) electrons. The molecule has 0 spiro atoms. The molecule has 0 aromatic carbocycles. The van der Waals surface area contributed by atoms with E-state index in [2.05, 4.69) is 11.8 Å². The normalized spacial score (nSPS) is 21.2. The number of carboxylic acid groups (broad SMARTS) is 1. The molecule has 1 aliphatic carbocycles. The molecule has 3 N–H and O–H groups in total. The van der Waals surface area contributed by atoms with Crippen LogP contribution in [0.2, 0.25) is 0 Å². The zero-order valence-electron chi connectivity index (χ0n) is 15.4. The predicted molar refractivity (Wildman–Crippen MR) is 98.7 cm³/mol. The van der Waals surface area contributed by atoms with E-state index in [1.807, 2.05) is 19.1 Å². The summed E-state index contributed by atoms with van der Waals surface area (Å²) >= 11 is 0. The molecule has 1 aromatic heterocycles. The lowest BCUT2D eigenvalue weighted by molar-refractivity contribution is -0.137. The molecule has 0 saturated carbocycles. The molecule has 1 aromatic rings. The quantitative estimate of drug-likeness (QED) is 0.358. The summed E-state index contributed by atoms with van der Waals surface area (Å²) < 4.78 is 5.82. The molecule has 1 aliphatic rings. The first-order valence-corrected chi connectivity index (χ1v) is 9.19. The lowest BCUT2D eigenvalue weighted by Crippen LogP contribution is -2.16. The van der Waals surface area contributed by atoms with Gasteiger partial charge in [-0.25, -0.2) is 0 Å². The largest absolute Gasteiger partial charge is 0.481 e. The number of unbranched alkanes of at least 4 members (excludes halogenated alkanes) is 1. The van der Waals surface area contributed by atoms with Crippen molar-refractivity contribution in [1.29, 1.82) is 0 Å². The second-order valence-corrected chi connectivity index (χ2v) is 6.97. The maximum Gasteiger partial charge on any atom is 0.303 e. The fourth-order valence-corrected chi connectivity index (χ4v) is 3.20. The van der Waals surface area contributed by atoms with Gasteiger partial charge in [0.25, 0.3) is 0 Å². The molecule has 5 heteroatoms. The van der Waals surface area contributed by atoms with Gasteiger partial charge in [-0.2, -0.15) is 0 Å². The minimum atomic E-state index is -0.780. The van der Waals surface area contributed by atoms with Crippen molar-refractivity contribution in [2.75, 3.05) is 0 Å². The number of aliphatic hydroxyl groups excluding tert-OH is 2. The van der Waals surface area contributed by atoms with E-state index < -0.39 is 18.2 Å². The molecule has 26 heavy (non-hydrogen) atoms. The molecule has 0 amide bonds. The van der Waals surface area contributed by atoms with Gasteiger partial charge < -0.3 is 19.7 Å². The van der Waals surface area contributed by atoms with Gasteiger partial charge in [0.2, 0.25) is 0 Å². The second-order valence-electron chi connectivity index (χ2n) is 6.97. The van der Waals surface area contributed by atoms with Gasteiger partial charge in [0.15, 0.2) is 0 Å². The number of furan rings is 1. The predicted octanol–water partition coefficient (Wildman–Crippen LogP) is 3.04. The maximum atomic E-state index is 10.5. The molecule has 0 bridgehead atoms. The Hall–Kier alpha value is -2.03. The number of carbonyl (C=O) groups is 1. The fraction of sp³-hybridized carbons (Fsp3) is 0.571. The zero-order valence-corrected chi connectivity index (χ0v) is 15.4.